The van der Waals surface area contributed by atoms with Crippen molar-refractivity contribution < 1.29 is 9.16 Å². The van der Waals surface area contributed by atoms with Gasteiger partial charge in [0.15, 0.2) is 8.32 Å². The number of hydrogen-bond donors (Lipinski definition) is 0. The topological polar surface area (TPSA) is 21.8 Å². The van der Waals surface area contributed by atoms with Crippen LogP contribution in [0, 0.1) is 5.92 Å². The summed E-state index contributed by atoms with van der Waals surface area (Å²) in [6, 6.07) is 0. The summed E-state index contributed by atoms with van der Waals surface area (Å²) in [6.07, 6.45) is 11.8. The Hall–Kier alpha value is -0.643. The second-order valence-electron chi connectivity index (χ2n) is 11.4. The van der Waals surface area contributed by atoms with Gasteiger partial charge in [0, 0.05) is 5.92 Å². The Morgan fingerprint density at radius 2 is 1.72 bits per heavy atom. The van der Waals surface area contributed by atoms with E-state index in [2.05, 4.69) is 80.3 Å². The van der Waals surface area contributed by atoms with Crippen LogP contribution in [-0.4, -0.2) is 26.1 Å². The van der Waals surface area contributed by atoms with Crippen LogP contribution in [0.25, 0.3) is 0 Å². The molecule has 0 N–H and O–H groups in total. The Kier molecular flexibility index (Phi) is 7.84. The van der Waals surface area contributed by atoms with Gasteiger partial charge in [-0.25, -0.2) is 0 Å². The molecule has 3 heteroatoms. The van der Waals surface area contributed by atoms with Crippen molar-refractivity contribution in [1.82, 2.24) is 0 Å². The van der Waals surface area contributed by atoms with Gasteiger partial charge in [-0.3, -0.25) is 0 Å². The van der Waals surface area contributed by atoms with E-state index in [1.807, 2.05) is 0 Å². The highest BCUT2D eigenvalue weighted by molar-refractivity contribution is 6.74. The van der Waals surface area contributed by atoms with E-state index in [1.165, 1.54) is 23.1 Å². The molecule has 1 unspecified atom stereocenters. The average molecular weight is 419 g/mol. The first-order chi connectivity index (χ1) is 13.3. The average Bonchev–Trinajstić information content (AvgIpc) is 3.23. The second kappa shape index (κ2) is 9.24. The zero-order valence-corrected chi connectivity index (χ0v) is 21.7. The fourth-order valence-electron chi connectivity index (χ4n) is 4.17. The van der Waals surface area contributed by atoms with E-state index in [0.717, 1.165) is 32.1 Å². The van der Waals surface area contributed by atoms with E-state index >= 15 is 0 Å². The minimum atomic E-state index is -1.91. The molecule has 0 aromatic heterocycles. The fourth-order valence-corrected chi connectivity index (χ4v) is 5.50. The maximum atomic E-state index is 7.07. The van der Waals surface area contributed by atoms with Crippen molar-refractivity contribution in [2.45, 2.75) is 123 Å². The summed E-state index contributed by atoms with van der Waals surface area (Å²) >= 11 is 0. The van der Waals surface area contributed by atoms with Gasteiger partial charge in [0.2, 0.25) is 0 Å². The number of allylic oxidation sites excluding steroid dienone is 4. The Morgan fingerprint density at radius 1 is 1.14 bits per heavy atom. The van der Waals surface area contributed by atoms with Crippen LogP contribution >= 0.6 is 0 Å². The quantitative estimate of drug-likeness (QED) is 0.263. The van der Waals surface area contributed by atoms with Crippen molar-refractivity contribution >= 4 is 8.32 Å². The minimum absolute atomic E-state index is 0.0630. The van der Waals surface area contributed by atoms with Crippen LogP contribution in [0.1, 0.15) is 87.0 Å². The second-order valence-corrected chi connectivity index (χ2v) is 16.1. The monoisotopic (exact) mass is 418 g/mol. The van der Waals surface area contributed by atoms with Crippen molar-refractivity contribution in [3.05, 3.63) is 35.5 Å². The lowest BCUT2D eigenvalue weighted by Gasteiger charge is -2.41. The van der Waals surface area contributed by atoms with Crippen LogP contribution < -0.4 is 0 Å². The summed E-state index contributed by atoms with van der Waals surface area (Å²) < 4.78 is 13.5. The van der Waals surface area contributed by atoms with Crippen LogP contribution in [0.3, 0.4) is 0 Å². The molecule has 0 spiro atoms. The van der Waals surface area contributed by atoms with Crippen LogP contribution in [0.15, 0.2) is 35.5 Å². The Bertz CT molecular complexity index is 652. The molecule has 4 atom stereocenters. The zero-order valence-electron chi connectivity index (χ0n) is 20.7. The molecule has 1 aliphatic carbocycles. The van der Waals surface area contributed by atoms with Crippen LogP contribution in [0.2, 0.25) is 18.1 Å². The van der Waals surface area contributed by atoms with Crippen LogP contribution in [0.4, 0.5) is 0 Å². The molecular formula is C26H46O2Si. The van der Waals surface area contributed by atoms with Gasteiger partial charge in [-0.05, 0) is 84.4 Å². The molecule has 0 aromatic carbocycles. The van der Waals surface area contributed by atoms with Crippen molar-refractivity contribution in [3.63, 3.8) is 0 Å². The summed E-state index contributed by atoms with van der Waals surface area (Å²) in [6.45, 7) is 25.1. The molecule has 2 nitrogen and oxygen atoms in total. The van der Waals surface area contributed by atoms with Crippen LogP contribution in [-0.2, 0) is 9.16 Å². The van der Waals surface area contributed by atoms with E-state index in [-0.39, 0.29) is 22.8 Å². The smallest absolute Gasteiger partial charge is 0.192 e. The molecule has 0 amide bonds. The van der Waals surface area contributed by atoms with Gasteiger partial charge in [-0.15, -0.1) is 0 Å². The first-order valence-electron chi connectivity index (χ1n) is 11.6. The van der Waals surface area contributed by atoms with Gasteiger partial charge in [-0.1, -0.05) is 56.2 Å². The highest BCUT2D eigenvalue weighted by Crippen LogP contribution is 2.49. The van der Waals surface area contributed by atoms with E-state index in [0.29, 0.717) is 5.92 Å². The summed E-state index contributed by atoms with van der Waals surface area (Å²) in [7, 11) is -1.91. The summed E-state index contributed by atoms with van der Waals surface area (Å²) in [5.41, 5.74) is 4.17. The van der Waals surface area contributed by atoms with Gasteiger partial charge < -0.3 is 9.16 Å². The lowest BCUT2D eigenvalue weighted by atomic mass is 9.84. The molecule has 1 fully saturated rings. The maximum Gasteiger partial charge on any atom is 0.192 e. The van der Waals surface area contributed by atoms with Crippen molar-refractivity contribution in [3.8, 4) is 0 Å². The van der Waals surface area contributed by atoms with E-state index < -0.39 is 8.32 Å². The van der Waals surface area contributed by atoms with E-state index in [1.54, 1.807) is 0 Å². The molecule has 0 bridgehead atoms. The van der Waals surface area contributed by atoms with Gasteiger partial charge in [-0.2, -0.15) is 0 Å². The Morgan fingerprint density at radius 3 is 2.31 bits per heavy atom. The molecular weight excluding hydrogens is 372 g/mol. The standard InChI is InChI=1S/C26H46O2Si/c1-19(2)22-17-16-21(4)14-11-13-20(3)15-12-18-26(8)24(27-26)23(22)28-29(9,10)25(5,6)7/h14-15,22-24H,1,11-13,16-18H2,2-10H3/b20-15+,21-14+/t22?,23-,24-,26-/m0/s1. The highest BCUT2D eigenvalue weighted by Gasteiger charge is 2.59. The fraction of sp³-hybridized carbons (Fsp3) is 0.769. The zero-order chi connectivity index (χ0) is 22.0. The first kappa shape index (κ1) is 24.6. The predicted molar refractivity (Wildman–Crippen MR) is 129 cm³/mol. The molecule has 1 heterocycles. The normalized spacial score (nSPS) is 36.1. The molecule has 1 saturated heterocycles. The minimum Gasteiger partial charge on any atom is -0.411 e. The Balaban J connectivity index is 2.34. The first-order valence-corrected chi connectivity index (χ1v) is 14.5. The number of fused-ring (bicyclic) bond motifs is 1. The molecule has 1 aliphatic heterocycles. The summed E-state index contributed by atoms with van der Waals surface area (Å²) in [5, 5.41) is 0.187. The number of epoxide rings is 1. The molecule has 29 heavy (non-hydrogen) atoms. The summed E-state index contributed by atoms with van der Waals surface area (Å²) in [4.78, 5) is 0. The molecule has 2 rings (SSSR count). The summed E-state index contributed by atoms with van der Waals surface area (Å²) in [5.74, 6) is 0.347. The van der Waals surface area contributed by atoms with Gasteiger partial charge in [0.05, 0.1) is 11.7 Å². The third kappa shape index (κ3) is 6.42. The van der Waals surface area contributed by atoms with Crippen molar-refractivity contribution in [1.29, 1.82) is 0 Å². The lowest BCUT2D eigenvalue weighted by molar-refractivity contribution is 0.0969. The maximum absolute atomic E-state index is 7.07. The van der Waals surface area contributed by atoms with Gasteiger partial charge >= 0.3 is 0 Å². The van der Waals surface area contributed by atoms with Crippen molar-refractivity contribution in [2.75, 3.05) is 0 Å². The number of rotatable bonds is 3. The van der Waals surface area contributed by atoms with Crippen molar-refractivity contribution in [2.24, 2.45) is 5.92 Å². The van der Waals surface area contributed by atoms with E-state index in [9.17, 15) is 0 Å². The number of ether oxygens (including phenoxy) is 1. The van der Waals surface area contributed by atoms with Gasteiger partial charge in [0.25, 0.3) is 0 Å². The van der Waals surface area contributed by atoms with E-state index in [4.69, 9.17) is 9.16 Å². The molecule has 0 saturated carbocycles. The molecule has 166 valence electrons. The largest absolute Gasteiger partial charge is 0.411 e. The highest BCUT2D eigenvalue weighted by atomic mass is 28.4. The molecule has 0 aromatic rings. The number of hydrogen-bond acceptors (Lipinski definition) is 2. The van der Waals surface area contributed by atoms with Crippen LogP contribution in [0.5, 0.6) is 0 Å². The third-order valence-electron chi connectivity index (χ3n) is 7.52. The predicted octanol–water partition coefficient (Wildman–Crippen LogP) is 7.97. The third-order valence-corrected chi connectivity index (χ3v) is 12.0. The molecule has 0 radical (unpaired) electrons. The SMILES string of the molecule is C=C(C)C1CC/C(C)=C/CC/C(C)=C/CC[C@]2(C)O[C@H]2[C@H]1O[Si](C)(C)C(C)(C)C. The Labute approximate surface area is 182 Å². The van der Waals surface area contributed by atoms with Gasteiger partial charge in [0.1, 0.15) is 6.10 Å². The lowest BCUT2D eigenvalue weighted by Crippen LogP contribution is -2.48. The molecule has 2 aliphatic rings.